The molecule has 1 fully saturated rings. The second-order valence-corrected chi connectivity index (χ2v) is 7.25. The molecule has 10 heteroatoms. The van der Waals surface area contributed by atoms with Gasteiger partial charge in [-0.05, 0) is 28.8 Å². The van der Waals surface area contributed by atoms with Crippen LogP contribution in [-0.2, 0) is 21.8 Å². The molecule has 2 rings (SSSR count). The monoisotopic (exact) mass is 367 g/mol. The molecule has 1 aromatic heterocycles. The first-order chi connectivity index (χ1) is 9.41. The summed E-state index contributed by atoms with van der Waals surface area (Å²) in [5, 5.41) is 7.49. The number of aryl methyl sites for hydroxylation is 1. The van der Waals surface area contributed by atoms with Gasteiger partial charge in [-0.2, -0.15) is 4.31 Å². The lowest BCUT2D eigenvalue weighted by molar-refractivity contribution is 0.0400. The van der Waals surface area contributed by atoms with Crippen LogP contribution >= 0.6 is 15.9 Å². The Hall–Kier alpha value is -0.550. The molecule has 114 valence electrons. The minimum absolute atomic E-state index is 0.0445. The summed E-state index contributed by atoms with van der Waals surface area (Å²) in [5.74, 6) is 0. The van der Waals surface area contributed by atoms with Crippen molar-refractivity contribution in [1.82, 2.24) is 19.3 Å². The molecule has 2 N–H and O–H groups in total. The van der Waals surface area contributed by atoms with E-state index >= 15 is 0 Å². The average molecular weight is 368 g/mol. The van der Waals surface area contributed by atoms with Crippen LogP contribution in [0.5, 0.6) is 0 Å². The van der Waals surface area contributed by atoms with E-state index in [4.69, 9.17) is 10.5 Å². The van der Waals surface area contributed by atoms with Crippen molar-refractivity contribution in [3.8, 4) is 0 Å². The number of rotatable bonds is 4. The molecule has 0 saturated carbocycles. The first kappa shape index (κ1) is 15.8. The summed E-state index contributed by atoms with van der Waals surface area (Å²) in [6, 6.07) is -0.277. The van der Waals surface area contributed by atoms with Crippen molar-refractivity contribution in [2.24, 2.45) is 12.8 Å². The number of halogens is 1. The van der Waals surface area contributed by atoms with Gasteiger partial charge in [-0.3, -0.25) is 0 Å². The van der Waals surface area contributed by atoms with E-state index in [9.17, 15) is 8.42 Å². The van der Waals surface area contributed by atoms with Crippen LogP contribution in [-0.4, -0.2) is 60.1 Å². The average Bonchev–Trinajstić information content (AvgIpc) is 2.77. The predicted octanol–water partition coefficient (Wildman–Crippen LogP) is -0.296. The van der Waals surface area contributed by atoms with Gasteiger partial charge in [-0.25, -0.2) is 13.1 Å². The number of aromatic nitrogens is 3. The maximum atomic E-state index is 12.8. The fraction of sp³-hybridized carbons (Fsp3) is 0.800. The van der Waals surface area contributed by atoms with Crippen molar-refractivity contribution in [2.75, 3.05) is 20.2 Å². The lowest BCUT2D eigenvalue weighted by Gasteiger charge is -2.37. The highest BCUT2D eigenvalue weighted by Crippen LogP contribution is 2.28. The first-order valence-corrected chi connectivity index (χ1v) is 8.45. The zero-order valence-electron chi connectivity index (χ0n) is 11.4. The highest BCUT2D eigenvalue weighted by atomic mass is 79.9. The number of methoxy groups -OCH3 is 1. The molecule has 0 aliphatic carbocycles. The number of ether oxygens (including phenoxy) is 1. The van der Waals surface area contributed by atoms with Crippen LogP contribution in [0.15, 0.2) is 9.63 Å². The second kappa shape index (κ2) is 6.06. The van der Waals surface area contributed by atoms with Gasteiger partial charge in [0.15, 0.2) is 4.60 Å². The molecule has 1 aliphatic rings. The molecule has 0 bridgehead atoms. The number of hydrogen-bond acceptors (Lipinski definition) is 6. The van der Waals surface area contributed by atoms with Crippen molar-refractivity contribution in [2.45, 2.75) is 30.0 Å². The standard InChI is InChI=1S/C10H18BrN5O3S/c1-15-10(9(11)13-14-15)20(17,18)16-4-3-8(19-2)5-7(16)6-12/h7-8H,3-6,12H2,1-2H3. The van der Waals surface area contributed by atoms with Gasteiger partial charge in [0.05, 0.1) is 6.10 Å². The summed E-state index contributed by atoms with van der Waals surface area (Å²) in [5.41, 5.74) is 5.73. The lowest BCUT2D eigenvalue weighted by Crippen LogP contribution is -2.51. The summed E-state index contributed by atoms with van der Waals surface area (Å²) in [7, 11) is -0.509. The molecule has 2 heterocycles. The van der Waals surface area contributed by atoms with Crippen molar-refractivity contribution >= 4 is 26.0 Å². The van der Waals surface area contributed by atoms with Gasteiger partial charge < -0.3 is 10.5 Å². The van der Waals surface area contributed by atoms with Gasteiger partial charge in [-0.1, -0.05) is 5.21 Å². The fourth-order valence-electron chi connectivity index (χ4n) is 2.44. The summed E-state index contributed by atoms with van der Waals surface area (Å²) in [6.45, 7) is 0.627. The fourth-order valence-corrected chi connectivity index (χ4v) is 5.14. The van der Waals surface area contributed by atoms with Crippen molar-refractivity contribution < 1.29 is 13.2 Å². The largest absolute Gasteiger partial charge is 0.381 e. The first-order valence-electron chi connectivity index (χ1n) is 6.21. The Bertz CT molecular complexity index is 556. The zero-order valence-corrected chi connectivity index (χ0v) is 13.8. The summed E-state index contributed by atoms with van der Waals surface area (Å²) in [4.78, 5) is 0. The van der Waals surface area contributed by atoms with E-state index in [-0.39, 0.29) is 28.3 Å². The van der Waals surface area contributed by atoms with E-state index in [1.807, 2.05) is 0 Å². The van der Waals surface area contributed by atoms with E-state index < -0.39 is 10.0 Å². The van der Waals surface area contributed by atoms with E-state index in [1.54, 1.807) is 14.2 Å². The quantitative estimate of drug-likeness (QED) is 0.783. The Morgan fingerprint density at radius 2 is 2.25 bits per heavy atom. The van der Waals surface area contributed by atoms with Gasteiger partial charge in [0.1, 0.15) is 0 Å². The number of nitrogens with zero attached hydrogens (tertiary/aromatic N) is 4. The Kier molecular flexibility index (Phi) is 4.80. The molecule has 1 aromatic rings. The van der Waals surface area contributed by atoms with E-state index in [0.717, 1.165) is 0 Å². The van der Waals surface area contributed by atoms with Gasteiger partial charge in [0.2, 0.25) is 5.03 Å². The van der Waals surface area contributed by atoms with Crippen LogP contribution in [0.4, 0.5) is 0 Å². The molecule has 0 spiro atoms. The van der Waals surface area contributed by atoms with Crippen LogP contribution in [0.1, 0.15) is 12.8 Å². The van der Waals surface area contributed by atoms with E-state index in [2.05, 4.69) is 26.2 Å². The highest BCUT2D eigenvalue weighted by Gasteiger charge is 2.39. The summed E-state index contributed by atoms with van der Waals surface area (Å²) in [6.07, 6.45) is 1.28. The van der Waals surface area contributed by atoms with Crippen molar-refractivity contribution in [1.29, 1.82) is 0 Å². The van der Waals surface area contributed by atoms with E-state index in [1.165, 1.54) is 8.99 Å². The van der Waals surface area contributed by atoms with Crippen LogP contribution in [0.3, 0.4) is 0 Å². The van der Waals surface area contributed by atoms with Crippen LogP contribution in [0.25, 0.3) is 0 Å². The van der Waals surface area contributed by atoms with E-state index in [0.29, 0.717) is 19.4 Å². The number of hydrogen-bond donors (Lipinski definition) is 1. The van der Waals surface area contributed by atoms with Gasteiger partial charge >= 0.3 is 0 Å². The molecule has 20 heavy (non-hydrogen) atoms. The number of nitrogens with two attached hydrogens (primary N) is 1. The molecule has 0 amide bonds. The van der Waals surface area contributed by atoms with Crippen LogP contribution in [0.2, 0.25) is 0 Å². The highest BCUT2D eigenvalue weighted by molar-refractivity contribution is 9.10. The number of sulfonamides is 1. The molecular formula is C10H18BrN5O3S. The molecule has 1 aliphatic heterocycles. The number of piperidine rings is 1. The van der Waals surface area contributed by atoms with Crippen molar-refractivity contribution in [3.63, 3.8) is 0 Å². The third kappa shape index (κ3) is 2.75. The van der Waals surface area contributed by atoms with Crippen LogP contribution in [0, 0.1) is 0 Å². The molecular weight excluding hydrogens is 350 g/mol. The Balaban J connectivity index is 2.34. The second-order valence-electron chi connectivity index (χ2n) is 4.70. The van der Waals surface area contributed by atoms with Gasteiger partial charge in [0, 0.05) is 33.3 Å². The third-order valence-electron chi connectivity index (χ3n) is 3.51. The zero-order chi connectivity index (χ0) is 14.9. The van der Waals surface area contributed by atoms with Crippen LogP contribution < -0.4 is 5.73 Å². The molecule has 8 nitrogen and oxygen atoms in total. The normalized spacial score (nSPS) is 25.0. The maximum absolute atomic E-state index is 12.8. The minimum Gasteiger partial charge on any atom is -0.381 e. The molecule has 2 unspecified atom stereocenters. The third-order valence-corrected chi connectivity index (χ3v) is 6.35. The molecule has 2 atom stereocenters. The Labute approximate surface area is 126 Å². The SMILES string of the molecule is COC1CCN(S(=O)(=O)c2c(Br)nnn2C)C(CN)C1. The Morgan fingerprint density at radius 1 is 1.55 bits per heavy atom. The Morgan fingerprint density at radius 3 is 2.75 bits per heavy atom. The predicted molar refractivity (Wildman–Crippen MR) is 75.5 cm³/mol. The smallest absolute Gasteiger partial charge is 0.263 e. The lowest BCUT2D eigenvalue weighted by atomic mass is 10.0. The molecule has 0 radical (unpaired) electrons. The molecule has 0 aromatic carbocycles. The summed E-state index contributed by atoms with van der Waals surface area (Å²) < 4.78 is 33.7. The minimum atomic E-state index is -3.68. The topological polar surface area (TPSA) is 103 Å². The maximum Gasteiger partial charge on any atom is 0.263 e. The van der Waals surface area contributed by atoms with Gasteiger partial charge in [0.25, 0.3) is 10.0 Å². The summed E-state index contributed by atoms with van der Waals surface area (Å²) >= 11 is 3.13. The van der Waals surface area contributed by atoms with Crippen molar-refractivity contribution in [3.05, 3.63) is 4.60 Å². The molecule has 1 saturated heterocycles. The van der Waals surface area contributed by atoms with Gasteiger partial charge in [-0.15, -0.1) is 5.10 Å².